The van der Waals surface area contributed by atoms with Gasteiger partial charge in [-0.15, -0.1) is 0 Å². The molecule has 0 radical (unpaired) electrons. The Labute approximate surface area is 112 Å². The van der Waals surface area contributed by atoms with Crippen LogP contribution in [-0.2, 0) is 18.3 Å². The third-order valence-corrected chi connectivity index (χ3v) is 4.08. The van der Waals surface area contributed by atoms with Crippen LogP contribution >= 0.6 is 7.82 Å². The first-order chi connectivity index (χ1) is 9.37. The van der Waals surface area contributed by atoms with Gasteiger partial charge in [-0.3, -0.25) is 13.6 Å². The second-order valence-electron chi connectivity index (χ2n) is 4.43. The monoisotopic (exact) mass is 305 g/mol. The molecule has 2 aliphatic heterocycles. The number of aliphatic hydroxyl groups excluding tert-OH is 1. The van der Waals surface area contributed by atoms with Crippen LogP contribution in [-0.4, -0.2) is 44.5 Å². The normalized spacial score (nSPS) is 40.5. The van der Waals surface area contributed by atoms with Crippen LogP contribution in [0, 0.1) is 0 Å². The number of hydrogen-bond acceptors (Lipinski definition) is 8. The molecule has 2 aliphatic rings. The smallest absolute Gasteiger partial charge is 0.387 e. The van der Waals surface area contributed by atoms with Crippen molar-refractivity contribution in [1.29, 1.82) is 0 Å². The molecule has 20 heavy (non-hydrogen) atoms. The summed E-state index contributed by atoms with van der Waals surface area (Å²) in [5.41, 5.74) is 4.66. The molecule has 1 aromatic heterocycles. The van der Waals surface area contributed by atoms with Gasteiger partial charge in [0.2, 0.25) is 0 Å². The SMILES string of the molecule is Nc1ccn(C2OC3COP(=O)(O)OC2C3O)c(=O)n1. The number of nitrogen functional groups attached to an aromatic ring is 1. The van der Waals surface area contributed by atoms with E-state index in [1.54, 1.807) is 0 Å². The lowest BCUT2D eigenvalue weighted by Crippen LogP contribution is -2.36. The van der Waals surface area contributed by atoms with Gasteiger partial charge in [0.1, 0.15) is 24.1 Å². The van der Waals surface area contributed by atoms with Crippen LogP contribution in [0.3, 0.4) is 0 Å². The van der Waals surface area contributed by atoms with Gasteiger partial charge < -0.3 is 20.5 Å². The second kappa shape index (κ2) is 4.62. The van der Waals surface area contributed by atoms with E-state index in [4.69, 9.17) is 15.0 Å². The molecule has 10 nitrogen and oxygen atoms in total. The molecule has 0 spiro atoms. The highest BCUT2D eigenvalue weighted by atomic mass is 31.2. The summed E-state index contributed by atoms with van der Waals surface area (Å²) in [6, 6.07) is 1.36. The van der Waals surface area contributed by atoms with E-state index in [0.29, 0.717) is 0 Å². The molecule has 3 rings (SSSR count). The zero-order valence-electron chi connectivity index (χ0n) is 10.0. The van der Waals surface area contributed by atoms with Gasteiger partial charge in [0.25, 0.3) is 0 Å². The first-order valence-corrected chi connectivity index (χ1v) is 7.21. The minimum Gasteiger partial charge on any atom is -0.387 e. The maximum absolute atomic E-state index is 11.8. The number of anilines is 1. The Balaban J connectivity index is 1.99. The van der Waals surface area contributed by atoms with Gasteiger partial charge in [-0.05, 0) is 6.07 Å². The zero-order valence-corrected chi connectivity index (χ0v) is 10.9. The molecule has 11 heteroatoms. The van der Waals surface area contributed by atoms with Gasteiger partial charge >= 0.3 is 13.5 Å². The van der Waals surface area contributed by atoms with Crippen molar-refractivity contribution in [3.05, 3.63) is 22.7 Å². The van der Waals surface area contributed by atoms with Crippen molar-refractivity contribution < 1.29 is 28.3 Å². The van der Waals surface area contributed by atoms with Crippen molar-refractivity contribution in [3.8, 4) is 0 Å². The fraction of sp³-hybridized carbons (Fsp3) is 0.556. The lowest BCUT2D eigenvalue weighted by Gasteiger charge is -2.24. The molecular formula is C9H12N3O7P. The average Bonchev–Trinajstić information content (AvgIpc) is 2.58. The van der Waals surface area contributed by atoms with Gasteiger partial charge in [0.15, 0.2) is 6.23 Å². The molecule has 0 aromatic carbocycles. The highest BCUT2D eigenvalue weighted by Crippen LogP contribution is 2.52. The van der Waals surface area contributed by atoms with Crippen LogP contribution in [0.2, 0.25) is 0 Å². The van der Waals surface area contributed by atoms with E-state index in [1.165, 1.54) is 12.3 Å². The Bertz CT molecular complexity index is 634. The van der Waals surface area contributed by atoms with Crippen LogP contribution in [0.25, 0.3) is 0 Å². The molecule has 0 saturated carbocycles. The lowest BCUT2D eigenvalue weighted by atomic mass is 10.1. The number of hydrogen-bond donors (Lipinski definition) is 3. The minimum atomic E-state index is -4.29. The maximum Gasteiger partial charge on any atom is 0.472 e. The molecular weight excluding hydrogens is 293 g/mol. The Morgan fingerprint density at radius 2 is 2.30 bits per heavy atom. The van der Waals surface area contributed by atoms with E-state index in [1.807, 2.05) is 0 Å². The summed E-state index contributed by atoms with van der Waals surface area (Å²) in [7, 11) is -4.29. The van der Waals surface area contributed by atoms with Crippen LogP contribution in [0.4, 0.5) is 5.82 Å². The second-order valence-corrected chi connectivity index (χ2v) is 5.84. The van der Waals surface area contributed by atoms with Crippen molar-refractivity contribution in [1.82, 2.24) is 9.55 Å². The number of rotatable bonds is 1. The Kier molecular flexibility index (Phi) is 3.16. The topological polar surface area (TPSA) is 146 Å². The van der Waals surface area contributed by atoms with E-state index in [9.17, 15) is 19.4 Å². The zero-order chi connectivity index (χ0) is 14.5. The summed E-state index contributed by atoms with van der Waals surface area (Å²) >= 11 is 0. The average molecular weight is 305 g/mol. The largest absolute Gasteiger partial charge is 0.472 e. The maximum atomic E-state index is 11.8. The van der Waals surface area contributed by atoms with Gasteiger partial charge in [-0.2, -0.15) is 4.98 Å². The molecule has 2 saturated heterocycles. The van der Waals surface area contributed by atoms with Gasteiger partial charge in [0, 0.05) is 6.20 Å². The third-order valence-electron chi connectivity index (χ3n) is 3.10. The Morgan fingerprint density at radius 1 is 1.55 bits per heavy atom. The number of nitrogens with two attached hydrogens (primary N) is 1. The van der Waals surface area contributed by atoms with Gasteiger partial charge in [-0.1, -0.05) is 0 Å². The predicted octanol–water partition coefficient (Wildman–Crippen LogP) is -1.40. The molecule has 0 amide bonds. The number of phosphoric ester groups is 1. The molecule has 4 N–H and O–H groups in total. The number of ether oxygens (including phenoxy) is 1. The molecule has 3 heterocycles. The first kappa shape index (κ1) is 13.7. The quantitative estimate of drug-likeness (QED) is 0.533. The van der Waals surface area contributed by atoms with Crippen molar-refractivity contribution in [3.63, 3.8) is 0 Å². The van der Waals surface area contributed by atoms with Gasteiger partial charge in [-0.25, -0.2) is 9.36 Å². The summed E-state index contributed by atoms with van der Waals surface area (Å²) in [6.45, 7) is -0.320. The van der Waals surface area contributed by atoms with E-state index in [0.717, 1.165) is 4.57 Å². The molecule has 110 valence electrons. The third kappa shape index (κ3) is 2.26. The van der Waals surface area contributed by atoms with Crippen LogP contribution in [0.15, 0.2) is 17.1 Å². The van der Waals surface area contributed by atoms with Crippen LogP contribution in [0.5, 0.6) is 0 Å². The summed E-state index contributed by atoms with van der Waals surface area (Å²) in [5, 5.41) is 9.98. The van der Waals surface area contributed by atoms with E-state index in [-0.39, 0.29) is 12.4 Å². The summed E-state index contributed by atoms with van der Waals surface area (Å²) in [6.07, 6.45) is -3.07. The number of phosphoric acid groups is 1. The van der Waals surface area contributed by atoms with Crippen molar-refractivity contribution >= 4 is 13.6 Å². The summed E-state index contributed by atoms with van der Waals surface area (Å²) in [5.74, 6) is 0.0297. The molecule has 5 atom stereocenters. The number of nitrogens with zero attached hydrogens (tertiary/aromatic N) is 2. The fourth-order valence-corrected chi connectivity index (χ4v) is 3.10. The van der Waals surface area contributed by atoms with E-state index in [2.05, 4.69) is 9.51 Å². The molecule has 1 aromatic rings. The fourth-order valence-electron chi connectivity index (χ4n) is 2.16. The lowest BCUT2D eigenvalue weighted by molar-refractivity contribution is -0.0712. The molecule has 2 bridgehead atoms. The molecule has 0 aliphatic carbocycles. The highest BCUT2D eigenvalue weighted by molar-refractivity contribution is 7.47. The van der Waals surface area contributed by atoms with Crippen molar-refractivity contribution in [2.24, 2.45) is 0 Å². The first-order valence-electron chi connectivity index (χ1n) is 5.71. The number of fused-ring (bicyclic) bond motifs is 2. The highest BCUT2D eigenvalue weighted by Gasteiger charge is 2.52. The molecule has 5 unspecified atom stereocenters. The van der Waals surface area contributed by atoms with Crippen LogP contribution in [0.1, 0.15) is 6.23 Å². The van der Waals surface area contributed by atoms with Crippen LogP contribution < -0.4 is 11.4 Å². The van der Waals surface area contributed by atoms with Crippen molar-refractivity contribution in [2.45, 2.75) is 24.5 Å². The Hall–Kier alpha value is -1.29. The number of aliphatic hydroxyl groups is 1. The van der Waals surface area contributed by atoms with Crippen molar-refractivity contribution in [2.75, 3.05) is 12.3 Å². The summed E-state index contributed by atoms with van der Waals surface area (Å²) < 4.78 is 27.4. The van der Waals surface area contributed by atoms with E-state index < -0.39 is 38.1 Å². The predicted molar refractivity (Wildman–Crippen MR) is 63.5 cm³/mol. The molecule has 2 fully saturated rings. The van der Waals surface area contributed by atoms with E-state index >= 15 is 0 Å². The standard InChI is InChI=1S/C9H12N3O7P/c10-5-1-2-12(9(14)11-5)8-7-6(13)4(18-8)3-17-20(15,16)19-7/h1-2,4,6-8,13H,3H2,(H,15,16)(H2,10,11,14). The van der Waals surface area contributed by atoms with Gasteiger partial charge in [0.05, 0.1) is 6.61 Å². The Morgan fingerprint density at radius 3 is 3.00 bits per heavy atom. The minimum absolute atomic E-state index is 0.0297. The number of aromatic nitrogens is 2. The summed E-state index contributed by atoms with van der Waals surface area (Å²) in [4.78, 5) is 24.7.